The van der Waals surface area contributed by atoms with Gasteiger partial charge in [0, 0.05) is 57.2 Å². The van der Waals surface area contributed by atoms with E-state index < -0.39 is 22.8 Å². The predicted octanol–water partition coefficient (Wildman–Crippen LogP) is 7.25. The maximum absolute atomic E-state index is 13.2. The van der Waals surface area contributed by atoms with Crippen LogP contribution in [-0.2, 0) is 15.7 Å². The first-order valence-corrected chi connectivity index (χ1v) is 15.6. The zero-order valence-corrected chi connectivity index (χ0v) is 26.9. The van der Waals surface area contributed by atoms with E-state index in [-0.39, 0.29) is 11.6 Å². The number of ether oxygens (including phenoxy) is 5. The summed E-state index contributed by atoms with van der Waals surface area (Å²) in [7, 11) is 1.63. The van der Waals surface area contributed by atoms with Crippen LogP contribution in [0.1, 0.15) is 18.4 Å². The Hall–Kier alpha value is -4.37. The second kappa shape index (κ2) is 16.6. The van der Waals surface area contributed by atoms with Gasteiger partial charge in [0.15, 0.2) is 11.5 Å². The molecule has 15 heteroatoms. The van der Waals surface area contributed by atoms with E-state index >= 15 is 0 Å². The van der Waals surface area contributed by atoms with Crippen LogP contribution in [0.25, 0.3) is 10.9 Å². The van der Waals surface area contributed by atoms with Gasteiger partial charge in [0.25, 0.3) is 0 Å². The fourth-order valence-electron chi connectivity index (χ4n) is 4.86. The predicted molar refractivity (Wildman–Crippen MR) is 175 cm³/mol. The number of morpholine rings is 1. The number of nitrogens with one attached hydrogen (secondary N) is 2. The molecule has 1 saturated heterocycles. The zero-order chi connectivity index (χ0) is 33.9. The van der Waals surface area contributed by atoms with Crippen LogP contribution in [0.2, 0.25) is 5.02 Å². The van der Waals surface area contributed by atoms with E-state index in [4.69, 9.17) is 35.3 Å². The maximum Gasteiger partial charge on any atom is 0.417 e. The Labute approximate surface area is 280 Å². The molecule has 3 aromatic carbocycles. The molecule has 2 heterocycles. The van der Waals surface area contributed by atoms with Crippen molar-refractivity contribution in [1.82, 2.24) is 14.9 Å². The van der Waals surface area contributed by atoms with Gasteiger partial charge in [0.2, 0.25) is 5.88 Å². The van der Waals surface area contributed by atoms with Gasteiger partial charge in [-0.25, -0.2) is 14.8 Å². The van der Waals surface area contributed by atoms with E-state index in [2.05, 4.69) is 25.5 Å². The molecule has 1 aliphatic rings. The smallest absolute Gasteiger partial charge is 0.417 e. The van der Waals surface area contributed by atoms with Crippen molar-refractivity contribution in [2.24, 2.45) is 0 Å². The molecule has 0 aliphatic carbocycles. The Morgan fingerprint density at radius 2 is 1.60 bits per heavy atom. The highest BCUT2D eigenvalue weighted by Crippen LogP contribution is 2.38. The van der Waals surface area contributed by atoms with Gasteiger partial charge in [0.1, 0.15) is 12.1 Å². The maximum atomic E-state index is 13.2. The number of halogens is 4. The largest absolute Gasteiger partial charge is 0.490 e. The van der Waals surface area contributed by atoms with Crippen molar-refractivity contribution in [1.29, 1.82) is 0 Å². The summed E-state index contributed by atoms with van der Waals surface area (Å²) in [6, 6.07) is 12.3. The van der Waals surface area contributed by atoms with Gasteiger partial charge in [0.05, 0.1) is 47.9 Å². The zero-order valence-electron chi connectivity index (χ0n) is 26.1. The second-order valence-corrected chi connectivity index (χ2v) is 11.2. The summed E-state index contributed by atoms with van der Waals surface area (Å²) in [4.78, 5) is 23.5. The third-order valence-electron chi connectivity index (χ3n) is 7.25. The van der Waals surface area contributed by atoms with E-state index in [1.54, 1.807) is 43.5 Å². The number of hydrogen-bond donors (Lipinski definition) is 2. The first kappa shape index (κ1) is 35.0. The molecule has 1 fully saturated rings. The molecule has 1 aromatic heterocycles. The van der Waals surface area contributed by atoms with Crippen molar-refractivity contribution >= 4 is 39.9 Å². The van der Waals surface area contributed by atoms with Gasteiger partial charge in [-0.15, -0.1) is 0 Å². The average Bonchev–Trinajstić information content (AvgIpc) is 3.07. The van der Waals surface area contributed by atoms with E-state index in [9.17, 15) is 18.0 Å². The summed E-state index contributed by atoms with van der Waals surface area (Å²) in [6.07, 6.45) is -1.74. The molecule has 0 atom stereocenters. The average molecular weight is 690 g/mol. The lowest BCUT2D eigenvalue weighted by Crippen LogP contribution is -2.37. The molecule has 2 N–H and O–H groups in total. The number of hydrogen-bond acceptors (Lipinski definition) is 9. The summed E-state index contributed by atoms with van der Waals surface area (Å²) < 4.78 is 68.4. The molecule has 1 aliphatic heterocycles. The van der Waals surface area contributed by atoms with Crippen LogP contribution in [0.15, 0.2) is 60.9 Å². The molecule has 11 nitrogen and oxygen atoms in total. The highest BCUT2D eigenvalue weighted by Gasteiger charge is 2.33. The number of carbonyl (C=O) groups excluding carboxylic acids is 1. The molecule has 256 valence electrons. The summed E-state index contributed by atoms with van der Waals surface area (Å²) >= 11 is 5.65. The van der Waals surface area contributed by atoms with E-state index in [0.29, 0.717) is 60.1 Å². The Bertz CT molecular complexity index is 1670. The van der Waals surface area contributed by atoms with Crippen molar-refractivity contribution in [3.8, 4) is 23.1 Å². The summed E-state index contributed by atoms with van der Waals surface area (Å²) in [5, 5.41) is 5.08. The van der Waals surface area contributed by atoms with E-state index in [1.807, 2.05) is 0 Å². The minimum absolute atomic E-state index is 0.0663. The lowest BCUT2D eigenvalue weighted by molar-refractivity contribution is -0.137. The van der Waals surface area contributed by atoms with Gasteiger partial charge in [-0.3, -0.25) is 4.90 Å². The van der Waals surface area contributed by atoms with Gasteiger partial charge in [-0.05, 0) is 55.0 Å². The first-order chi connectivity index (χ1) is 23.2. The SMILES string of the molecule is COCCCOc1cc2c(Oc3ccc(NC(=O)Nc4ccc(Cl)c(C(F)(F)F)c4)cc3)ncnc2cc1OCCCN1CCOCC1. The summed E-state index contributed by atoms with van der Waals surface area (Å²) in [5.41, 5.74) is -0.144. The molecular formula is C33H35ClF3N5O6. The van der Waals surface area contributed by atoms with Crippen LogP contribution in [0.5, 0.6) is 23.1 Å². The van der Waals surface area contributed by atoms with Crippen LogP contribution in [-0.4, -0.2) is 80.7 Å². The molecule has 4 aromatic rings. The van der Waals surface area contributed by atoms with Crippen molar-refractivity contribution in [2.75, 3.05) is 70.4 Å². The number of nitrogens with zero attached hydrogens (tertiary/aromatic N) is 3. The van der Waals surface area contributed by atoms with Crippen molar-refractivity contribution in [3.63, 3.8) is 0 Å². The number of carbonyl (C=O) groups is 1. The topological polar surface area (TPSA) is 116 Å². The first-order valence-electron chi connectivity index (χ1n) is 15.3. The molecule has 5 rings (SSSR count). The Balaban J connectivity index is 1.24. The second-order valence-electron chi connectivity index (χ2n) is 10.7. The fraction of sp³-hybridized carbons (Fsp3) is 0.364. The van der Waals surface area contributed by atoms with E-state index in [1.165, 1.54) is 12.4 Å². The number of alkyl halides is 3. The van der Waals surface area contributed by atoms with Gasteiger partial charge < -0.3 is 34.3 Å². The highest BCUT2D eigenvalue weighted by atomic mass is 35.5. The minimum atomic E-state index is -4.66. The van der Waals surface area contributed by atoms with Crippen LogP contribution in [0.3, 0.4) is 0 Å². The third-order valence-corrected chi connectivity index (χ3v) is 7.58. The van der Waals surface area contributed by atoms with Gasteiger partial charge in [-0.2, -0.15) is 13.2 Å². The quantitative estimate of drug-likeness (QED) is 0.132. The fourth-order valence-corrected chi connectivity index (χ4v) is 5.08. The number of aromatic nitrogens is 2. The highest BCUT2D eigenvalue weighted by molar-refractivity contribution is 6.31. The molecule has 0 spiro atoms. The molecule has 0 unspecified atom stereocenters. The normalized spacial score (nSPS) is 13.7. The number of anilines is 2. The van der Waals surface area contributed by atoms with Crippen LogP contribution in [0, 0.1) is 0 Å². The third kappa shape index (κ3) is 9.83. The Kier molecular flexibility index (Phi) is 12.1. The number of urea groups is 1. The van der Waals surface area contributed by atoms with Crippen LogP contribution in [0.4, 0.5) is 29.3 Å². The number of rotatable bonds is 14. The van der Waals surface area contributed by atoms with Crippen LogP contribution >= 0.6 is 11.6 Å². The Morgan fingerprint density at radius 1 is 0.917 bits per heavy atom. The van der Waals surface area contributed by atoms with Crippen molar-refractivity contribution < 1.29 is 41.7 Å². The van der Waals surface area contributed by atoms with Crippen molar-refractivity contribution in [3.05, 3.63) is 71.5 Å². The summed E-state index contributed by atoms with van der Waals surface area (Å²) in [6.45, 7) is 5.69. The Morgan fingerprint density at radius 3 is 2.33 bits per heavy atom. The number of fused-ring (bicyclic) bond motifs is 1. The monoisotopic (exact) mass is 689 g/mol. The molecule has 0 radical (unpaired) electrons. The van der Waals surface area contributed by atoms with Gasteiger partial charge >= 0.3 is 12.2 Å². The standard InChI is InChI=1S/C33H35ClF3N5O6/c1-44-13-3-15-47-29-19-25-28(20-30(29)46-14-2-10-42-11-16-45-17-12-42)38-21-39-31(25)48-24-7-4-22(5-8-24)40-32(43)41-23-6-9-27(34)26(18-23)33(35,36)37/h4-9,18-21H,2-3,10-17H2,1H3,(H2,40,41,43). The lowest BCUT2D eigenvalue weighted by Gasteiger charge is -2.26. The summed E-state index contributed by atoms with van der Waals surface area (Å²) in [5.74, 6) is 1.79. The van der Waals surface area contributed by atoms with Crippen LogP contribution < -0.4 is 24.8 Å². The van der Waals surface area contributed by atoms with Crippen molar-refractivity contribution in [2.45, 2.75) is 19.0 Å². The number of benzene rings is 3. The van der Waals surface area contributed by atoms with E-state index in [0.717, 1.165) is 51.4 Å². The molecule has 0 saturated carbocycles. The van der Waals surface area contributed by atoms with Gasteiger partial charge in [-0.1, -0.05) is 11.6 Å². The lowest BCUT2D eigenvalue weighted by atomic mass is 10.2. The molecule has 48 heavy (non-hydrogen) atoms. The number of methoxy groups -OCH3 is 1. The molecule has 0 bridgehead atoms. The molecule has 2 amide bonds. The molecular weight excluding hydrogens is 655 g/mol. The number of amides is 2. The minimum Gasteiger partial charge on any atom is -0.490 e.